The summed E-state index contributed by atoms with van der Waals surface area (Å²) in [6.07, 6.45) is 5.36. The number of halogens is 1. The molecular weight excluding hydrogens is 266 g/mol. The summed E-state index contributed by atoms with van der Waals surface area (Å²) < 4.78 is 0. The lowest BCUT2D eigenvalue weighted by Gasteiger charge is -2.37. The van der Waals surface area contributed by atoms with Crippen LogP contribution in [0.15, 0.2) is 24.3 Å². The van der Waals surface area contributed by atoms with E-state index in [-0.39, 0.29) is 0 Å². The molecule has 3 unspecified atom stereocenters. The van der Waals surface area contributed by atoms with E-state index in [2.05, 4.69) is 44.3 Å². The quantitative estimate of drug-likeness (QED) is 0.782. The van der Waals surface area contributed by atoms with Crippen LogP contribution >= 0.6 is 11.6 Å². The van der Waals surface area contributed by atoms with Crippen molar-refractivity contribution in [3.63, 3.8) is 0 Å². The Labute approximate surface area is 129 Å². The minimum atomic E-state index is 0.568. The van der Waals surface area contributed by atoms with Crippen LogP contribution in [-0.2, 0) is 0 Å². The van der Waals surface area contributed by atoms with E-state index >= 15 is 0 Å². The summed E-state index contributed by atoms with van der Waals surface area (Å²) in [7, 11) is 0. The number of hydrogen-bond donors (Lipinski definition) is 1. The van der Waals surface area contributed by atoms with Gasteiger partial charge in [-0.1, -0.05) is 57.3 Å². The van der Waals surface area contributed by atoms with E-state index in [0.717, 1.165) is 23.4 Å². The van der Waals surface area contributed by atoms with Gasteiger partial charge in [0.15, 0.2) is 0 Å². The van der Waals surface area contributed by atoms with E-state index < -0.39 is 0 Å². The Bertz CT molecular complexity index is 416. The van der Waals surface area contributed by atoms with Crippen molar-refractivity contribution in [3.05, 3.63) is 34.9 Å². The molecule has 2 heteroatoms. The second kappa shape index (κ2) is 7.47. The summed E-state index contributed by atoms with van der Waals surface area (Å²) >= 11 is 6.19. The number of benzene rings is 1. The predicted molar refractivity (Wildman–Crippen MR) is 88.5 cm³/mol. The first-order chi connectivity index (χ1) is 9.60. The summed E-state index contributed by atoms with van der Waals surface area (Å²) in [5, 5.41) is 4.50. The summed E-state index contributed by atoms with van der Waals surface area (Å²) in [5.74, 6) is 2.30. The third-order valence-electron chi connectivity index (χ3n) is 4.74. The standard InChI is InChI=1S/C18H28ClN/c1-4-14-8-9-16(12-20-13(2)3)18(10-14)15-6-5-7-17(19)11-15/h5-7,11,13-14,16,18,20H,4,8-10,12H2,1-3H3. The molecule has 1 aromatic carbocycles. The maximum Gasteiger partial charge on any atom is 0.0408 e. The summed E-state index contributed by atoms with van der Waals surface area (Å²) in [5.41, 5.74) is 1.44. The molecule has 1 aliphatic rings. The highest BCUT2D eigenvalue weighted by Gasteiger charge is 2.30. The van der Waals surface area contributed by atoms with Crippen LogP contribution in [0.1, 0.15) is 57.9 Å². The molecule has 0 aliphatic heterocycles. The van der Waals surface area contributed by atoms with Crippen LogP contribution in [0.3, 0.4) is 0 Å². The molecule has 1 nitrogen and oxygen atoms in total. The SMILES string of the molecule is CCC1CCC(CNC(C)C)C(c2cccc(Cl)c2)C1. The minimum absolute atomic E-state index is 0.568. The smallest absolute Gasteiger partial charge is 0.0408 e. The van der Waals surface area contributed by atoms with Gasteiger partial charge in [-0.25, -0.2) is 0 Å². The Kier molecular flexibility index (Phi) is 5.92. The average Bonchev–Trinajstić information content (AvgIpc) is 2.45. The fourth-order valence-electron chi connectivity index (χ4n) is 3.47. The van der Waals surface area contributed by atoms with Crippen LogP contribution in [0.5, 0.6) is 0 Å². The van der Waals surface area contributed by atoms with Gasteiger partial charge >= 0.3 is 0 Å². The Hall–Kier alpha value is -0.530. The van der Waals surface area contributed by atoms with Gasteiger partial charge in [-0.05, 0) is 54.8 Å². The topological polar surface area (TPSA) is 12.0 Å². The van der Waals surface area contributed by atoms with Gasteiger partial charge in [-0.15, -0.1) is 0 Å². The van der Waals surface area contributed by atoms with Crippen molar-refractivity contribution in [3.8, 4) is 0 Å². The van der Waals surface area contributed by atoms with Gasteiger partial charge in [0.2, 0.25) is 0 Å². The highest BCUT2D eigenvalue weighted by molar-refractivity contribution is 6.30. The van der Waals surface area contributed by atoms with Crippen LogP contribution in [-0.4, -0.2) is 12.6 Å². The molecule has 3 atom stereocenters. The van der Waals surface area contributed by atoms with Crippen molar-refractivity contribution in [2.45, 2.75) is 58.4 Å². The van der Waals surface area contributed by atoms with Crippen molar-refractivity contribution >= 4 is 11.6 Å². The molecule has 0 saturated heterocycles. The van der Waals surface area contributed by atoms with E-state index in [1.54, 1.807) is 0 Å². The molecule has 1 fully saturated rings. The molecule has 0 amide bonds. The van der Waals surface area contributed by atoms with Crippen LogP contribution in [0.4, 0.5) is 0 Å². The maximum absolute atomic E-state index is 6.19. The van der Waals surface area contributed by atoms with Crippen LogP contribution in [0.25, 0.3) is 0 Å². The van der Waals surface area contributed by atoms with E-state index in [4.69, 9.17) is 11.6 Å². The monoisotopic (exact) mass is 293 g/mol. The van der Waals surface area contributed by atoms with Crippen molar-refractivity contribution in [1.29, 1.82) is 0 Å². The van der Waals surface area contributed by atoms with Crippen LogP contribution < -0.4 is 5.32 Å². The van der Waals surface area contributed by atoms with Crippen molar-refractivity contribution in [2.24, 2.45) is 11.8 Å². The van der Waals surface area contributed by atoms with Gasteiger partial charge in [0.25, 0.3) is 0 Å². The first kappa shape index (κ1) is 15.9. The van der Waals surface area contributed by atoms with Crippen molar-refractivity contribution in [2.75, 3.05) is 6.54 Å². The molecule has 0 bridgehead atoms. The summed E-state index contributed by atoms with van der Waals surface area (Å²) in [4.78, 5) is 0. The number of rotatable bonds is 5. The van der Waals surface area contributed by atoms with Gasteiger partial charge in [0, 0.05) is 11.1 Å². The zero-order valence-electron chi connectivity index (χ0n) is 13.0. The molecule has 1 N–H and O–H groups in total. The van der Waals surface area contributed by atoms with Gasteiger partial charge in [-0.3, -0.25) is 0 Å². The Morgan fingerprint density at radius 1 is 1.30 bits per heavy atom. The Morgan fingerprint density at radius 3 is 2.75 bits per heavy atom. The van der Waals surface area contributed by atoms with Crippen molar-refractivity contribution < 1.29 is 0 Å². The fraction of sp³-hybridized carbons (Fsp3) is 0.667. The number of nitrogens with one attached hydrogen (secondary N) is 1. The first-order valence-electron chi connectivity index (χ1n) is 8.09. The van der Waals surface area contributed by atoms with Crippen LogP contribution in [0, 0.1) is 11.8 Å². The van der Waals surface area contributed by atoms with E-state index in [0.29, 0.717) is 12.0 Å². The third-order valence-corrected chi connectivity index (χ3v) is 4.98. The summed E-state index contributed by atoms with van der Waals surface area (Å²) in [6.45, 7) is 7.91. The molecule has 0 radical (unpaired) electrons. The Balaban J connectivity index is 2.13. The molecule has 112 valence electrons. The normalized spacial score (nSPS) is 26.9. The van der Waals surface area contributed by atoms with Crippen molar-refractivity contribution in [1.82, 2.24) is 5.32 Å². The fourth-order valence-corrected chi connectivity index (χ4v) is 3.67. The van der Waals surface area contributed by atoms with E-state index in [9.17, 15) is 0 Å². The largest absolute Gasteiger partial charge is 0.314 e. The zero-order chi connectivity index (χ0) is 14.5. The molecule has 0 spiro atoms. The molecular formula is C18H28ClN. The molecule has 2 rings (SSSR count). The number of hydrogen-bond acceptors (Lipinski definition) is 1. The second-order valence-corrected chi connectivity index (χ2v) is 7.01. The first-order valence-corrected chi connectivity index (χ1v) is 8.46. The van der Waals surface area contributed by atoms with Gasteiger partial charge in [0.1, 0.15) is 0 Å². The lowest BCUT2D eigenvalue weighted by atomic mass is 9.70. The average molecular weight is 294 g/mol. The predicted octanol–water partition coefficient (Wildman–Crippen LogP) is 5.25. The van der Waals surface area contributed by atoms with Crippen LogP contribution in [0.2, 0.25) is 5.02 Å². The molecule has 1 aliphatic carbocycles. The second-order valence-electron chi connectivity index (χ2n) is 6.57. The van der Waals surface area contributed by atoms with E-state index in [1.165, 1.54) is 31.2 Å². The van der Waals surface area contributed by atoms with Gasteiger partial charge in [0.05, 0.1) is 0 Å². The summed E-state index contributed by atoms with van der Waals surface area (Å²) in [6, 6.07) is 9.08. The molecule has 1 saturated carbocycles. The minimum Gasteiger partial charge on any atom is -0.314 e. The molecule has 1 aromatic rings. The van der Waals surface area contributed by atoms with Gasteiger partial charge in [-0.2, -0.15) is 0 Å². The maximum atomic E-state index is 6.19. The molecule has 0 aromatic heterocycles. The third kappa shape index (κ3) is 4.23. The van der Waals surface area contributed by atoms with E-state index in [1.807, 2.05) is 6.07 Å². The molecule has 20 heavy (non-hydrogen) atoms. The molecule has 0 heterocycles. The highest BCUT2D eigenvalue weighted by Crippen LogP contribution is 2.42. The Morgan fingerprint density at radius 2 is 2.10 bits per heavy atom. The highest BCUT2D eigenvalue weighted by atomic mass is 35.5. The lowest BCUT2D eigenvalue weighted by Crippen LogP contribution is -2.35. The van der Waals surface area contributed by atoms with Gasteiger partial charge < -0.3 is 5.32 Å². The lowest BCUT2D eigenvalue weighted by molar-refractivity contribution is 0.222. The zero-order valence-corrected chi connectivity index (χ0v) is 13.8.